The van der Waals surface area contributed by atoms with Gasteiger partial charge in [0.15, 0.2) is 0 Å². The highest BCUT2D eigenvalue weighted by atomic mass is 16.5. The summed E-state index contributed by atoms with van der Waals surface area (Å²) in [4.78, 5) is 14.8. The first-order valence-electron chi connectivity index (χ1n) is 8.27. The molecule has 1 saturated heterocycles. The molecule has 2 aliphatic carbocycles. The molecule has 1 amide bonds. The maximum absolute atomic E-state index is 12.8. The maximum atomic E-state index is 12.8. The van der Waals surface area contributed by atoms with Crippen molar-refractivity contribution in [2.45, 2.75) is 38.5 Å². The van der Waals surface area contributed by atoms with Gasteiger partial charge >= 0.3 is 0 Å². The predicted molar refractivity (Wildman–Crippen MR) is 81.5 cm³/mol. The molecule has 3 aliphatic rings. The fraction of sp³-hybridized carbons (Fsp3) is 0.611. The average Bonchev–Trinajstić information content (AvgIpc) is 3.19. The molecule has 2 saturated carbocycles. The molecule has 1 aromatic carbocycles. The second-order valence-electron chi connectivity index (χ2n) is 7.08. The van der Waals surface area contributed by atoms with E-state index in [-0.39, 0.29) is 5.91 Å². The minimum absolute atomic E-state index is 0.158. The van der Waals surface area contributed by atoms with Crippen LogP contribution in [0.2, 0.25) is 0 Å². The van der Waals surface area contributed by atoms with E-state index < -0.39 is 0 Å². The van der Waals surface area contributed by atoms with Crippen LogP contribution in [0.4, 0.5) is 0 Å². The van der Waals surface area contributed by atoms with Gasteiger partial charge in [-0.3, -0.25) is 4.79 Å². The van der Waals surface area contributed by atoms with Crippen LogP contribution in [0.15, 0.2) is 24.3 Å². The molecule has 1 spiro atoms. The van der Waals surface area contributed by atoms with Crippen molar-refractivity contribution in [1.29, 1.82) is 0 Å². The Kier molecular flexibility index (Phi) is 3.16. The predicted octanol–water partition coefficient (Wildman–Crippen LogP) is 3.49. The number of ether oxygens (including phenoxy) is 1. The molecule has 1 aliphatic heterocycles. The van der Waals surface area contributed by atoms with Crippen LogP contribution in [0.1, 0.15) is 48.9 Å². The molecule has 0 unspecified atom stereocenters. The number of para-hydroxylation sites is 1. The van der Waals surface area contributed by atoms with E-state index in [1.54, 1.807) is 0 Å². The first-order valence-corrected chi connectivity index (χ1v) is 8.27. The van der Waals surface area contributed by atoms with E-state index in [1.165, 1.54) is 38.5 Å². The van der Waals surface area contributed by atoms with E-state index in [9.17, 15) is 4.79 Å². The molecule has 3 fully saturated rings. The van der Waals surface area contributed by atoms with Gasteiger partial charge in [-0.1, -0.05) is 18.6 Å². The fourth-order valence-electron chi connectivity index (χ4n) is 3.63. The largest absolute Gasteiger partial charge is 0.492 e. The van der Waals surface area contributed by atoms with Gasteiger partial charge in [0.25, 0.3) is 5.91 Å². The van der Waals surface area contributed by atoms with Crippen molar-refractivity contribution < 1.29 is 9.53 Å². The normalized spacial score (nSPS) is 23.1. The van der Waals surface area contributed by atoms with Gasteiger partial charge in [0, 0.05) is 13.1 Å². The standard InChI is InChI=1S/C18H23NO2/c20-17(19-11-10-18(13-19)8-3-9-18)15-4-1-2-5-16(15)21-12-14-6-7-14/h1-2,4-5,14H,3,6-13H2. The summed E-state index contributed by atoms with van der Waals surface area (Å²) in [6.45, 7) is 2.62. The summed E-state index contributed by atoms with van der Waals surface area (Å²) in [5.41, 5.74) is 1.20. The minimum atomic E-state index is 0.158. The maximum Gasteiger partial charge on any atom is 0.257 e. The lowest BCUT2D eigenvalue weighted by atomic mass is 9.68. The zero-order valence-corrected chi connectivity index (χ0v) is 12.5. The van der Waals surface area contributed by atoms with Gasteiger partial charge in [-0.25, -0.2) is 0 Å². The summed E-state index contributed by atoms with van der Waals surface area (Å²) < 4.78 is 5.89. The lowest BCUT2D eigenvalue weighted by Crippen LogP contribution is -2.36. The number of hydrogen-bond acceptors (Lipinski definition) is 2. The van der Waals surface area contributed by atoms with Gasteiger partial charge in [-0.2, -0.15) is 0 Å². The Morgan fingerprint density at radius 1 is 1.24 bits per heavy atom. The number of rotatable bonds is 4. The molecule has 0 aromatic heterocycles. The van der Waals surface area contributed by atoms with Crippen molar-refractivity contribution in [3.63, 3.8) is 0 Å². The van der Waals surface area contributed by atoms with Crippen LogP contribution in [0.5, 0.6) is 5.75 Å². The first kappa shape index (κ1) is 13.2. The van der Waals surface area contributed by atoms with Gasteiger partial charge < -0.3 is 9.64 Å². The second-order valence-corrected chi connectivity index (χ2v) is 7.08. The SMILES string of the molecule is O=C(c1ccccc1OCC1CC1)N1CCC2(CCC2)C1. The van der Waals surface area contributed by atoms with Crippen molar-refractivity contribution in [2.75, 3.05) is 19.7 Å². The Hall–Kier alpha value is -1.51. The third kappa shape index (κ3) is 2.54. The number of amides is 1. The van der Waals surface area contributed by atoms with Crippen molar-refractivity contribution >= 4 is 5.91 Å². The molecular formula is C18H23NO2. The Morgan fingerprint density at radius 2 is 2.05 bits per heavy atom. The van der Waals surface area contributed by atoms with Crippen LogP contribution in [0.3, 0.4) is 0 Å². The molecule has 4 rings (SSSR count). The van der Waals surface area contributed by atoms with Crippen molar-refractivity contribution in [1.82, 2.24) is 4.90 Å². The van der Waals surface area contributed by atoms with Crippen molar-refractivity contribution in [2.24, 2.45) is 11.3 Å². The Bertz CT molecular complexity index is 546. The van der Waals surface area contributed by atoms with Gasteiger partial charge in [0.1, 0.15) is 5.75 Å². The van der Waals surface area contributed by atoms with Crippen LogP contribution >= 0.6 is 0 Å². The van der Waals surface area contributed by atoms with Crippen molar-refractivity contribution in [3.05, 3.63) is 29.8 Å². The van der Waals surface area contributed by atoms with Crippen LogP contribution in [0.25, 0.3) is 0 Å². The number of carbonyl (C=O) groups excluding carboxylic acids is 1. The molecule has 112 valence electrons. The van der Waals surface area contributed by atoms with Crippen LogP contribution in [-0.2, 0) is 0 Å². The number of likely N-dealkylation sites (tertiary alicyclic amines) is 1. The quantitative estimate of drug-likeness (QED) is 0.847. The number of hydrogen-bond donors (Lipinski definition) is 0. The number of benzene rings is 1. The molecular weight excluding hydrogens is 262 g/mol. The molecule has 21 heavy (non-hydrogen) atoms. The Balaban J connectivity index is 1.48. The molecule has 1 heterocycles. The van der Waals surface area contributed by atoms with Crippen LogP contribution < -0.4 is 4.74 Å². The van der Waals surface area contributed by atoms with Crippen molar-refractivity contribution in [3.8, 4) is 5.75 Å². The summed E-state index contributed by atoms with van der Waals surface area (Å²) >= 11 is 0. The third-order valence-corrected chi connectivity index (χ3v) is 5.43. The Labute approximate surface area is 126 Å². The highest BCUT2D eigenvalue weighted by Gasteiger charge is 2.44. The fourth-order valence-corrected chi connectivity index (χ4v) is 3.63. The van der Waals surface area contributed by atoms with E-state index in [0.29, 0.717) is 11.3 Å². The van der Waals surface area contributed by atoms with E-state index in [2.05, 4.69) is 0 Å². The molecule has 1 aromatic rings. The van der Waals surface area contributed by atoms with E-state index in [4.69, 9.17) is 4.74 Å². The Morgan fingerprint density at radius 3 is 2.71 bits per heavy atom. The third-order valence-electron chi connectivity index (χ3n) is 5.43. The smallest absolute Gasteiger partial charge is 0.257 e. The summed E-state index contributed by atoms with van der Waals surface area (Å²) in [7, 11) is 0. The highest BCUT2D eigenvalue weighted by molar-refractivity contribution is 5.97. The molecule has 3 nitrogen and oxygen atoms in total. The molecule has 0 N–H and O–H groups in total. The lowest BCUT2D eigenvalue weighted by Gasteiger charge is -2.38. The summed E-state index contributed by atoms with van der Waals surface area (Å²) in [6.07, 6.45) is 7.66. The van der Waals surface area contributed by atoms with Gasteiger partial charge in [0.2, 0.25) is 0 Å². The summed E-state index contributed by atoms with van der Waals surface area (Å²) in [5, 5.41) is 0. The lowest BCUT2D eigenvalue weighted by molar-refractivity contribution is 0.0727. The zero-order valence-electron chi connectivity index (χ0n) is 12.5. The summed E-state index contributed by atoms with van der Waals surface area (Å²) in [5.74, 6) is 1.63. The molecule has 3 heteroatoms. The van der Waals surface area contributed by atoms with Gasteiger partial charge in [-0.05, 0) is 55.6 Å². The van der Waals surface area contributed by atoms with E-state index in [1.807, 2.05) is 29.2 Å². The van der Waals surface area contributed by atoms with Crippen LogP contribution in [0, 0.1) is 11.3 Å². The first-order chi connectivity index (χ1) is 10.3. The van der Waals surface area contributed by atoms with E-state index >= 15 is 0 Å². The zero-order chi connectivity index (χ0) is 14.3. The topological polar surface area (TPSA) is 29.5 Å². The number of carbonyl (C=O) groups is 1. The van der Waals surface area contributed by atoms with Gasteiger partial charge in [0.05, 0.1) is 12.2 Å². The molecule has 0 atom stereocenters. The average molecular weight is 285 g/mol. The number of nitrogens with zero attached hydrogens (tertiary/aromatic N) is 1. The van der Waals surface area contributed by atoms with E-state index in [0.717, 1.165) is 31.0 Å². The summed E-state index contributed by atoms with van der Waals surface area (Å²) in [6, 6.07) is 7.74. The van der Waals surface area contributed by atoms with Crippen LogP contribution in [-0.4, -0.2) is 30.5 Å². The molecule has 0 bridgehead atoms. The van der Waals surface area contributed by atoms with Gasteiger partial charge in [-0.15, -0.1) is 0 Å². The molecule has 0 radical (unpaired) electrons. The minimum Gasteiger partial charge on any atom is -0.492 e. The highest BCUT2D eigenvalue weighted by Crippen LogP contribution is 2.48. The second kappa shape index (κ2) is 5.04. The monoisotopic (exact) mass is 285 g/mol.